The average molecular weight is 236 g/mol. The second-order valence-corrected chi connectivity index (χ2v) is 4.87. The van der Waals surface area contributed by atoms with Gasteiger partial charge < -0.3 is 10.1 Å². The fraction of sp³-hybridized carbons (Fsp3) is 0.538. The highest BCUT2D eigenvalue weighted by molar-refractivity contribution is 5.72. The molecule has 1 rings (SSSR count). The van der Waals surface area contributed by atoms with Gasteiger partial charge in [0, 0.05) is 12.4 Å². The minimum Gasteiger partial charge on any atom is -0.459 e. The van der Waals surface area contributed by atoms with Crippen molar-refractivity contribution in [2.75, 3.05) is 13.1 Å². The van der Waals surface area contributed by atoms with Crippen LogP contribution in [0.2, 0.25) is 0 Å². The largest absolute Gasteiger partial charge is 0.459 e. The van der Waals surface area contributed by atoms with E-state index in [-0.39, 0.29) is 12.5 Å². The summed E-state index contributed by atoms with van der Waals surface area (Å²) in [5.74, 6) is -0.216. The second-order valence-electron chi connectivity index (χ2n) is 4.87. The Bertz CT molecular complexity index is 344. The number of rotatable bonds is 5. The second kappa shape index (κ2) is 6.35. The zero-order valence-electron chi connectivity index (χ0n) is 10.7. The molecule has 17 heavy (non-hydrogen) atoms. The van der Waals surface area contributed by atoms with Crippen LogP contribution >= 0.6 is 0 Å². The van der Waals surface area contributed by atoms with Crippen LogP contribution in [0.25, 0.3) is 0 Å². The SMILES string of the molecule is CC(C)(C)OC(=O)CNCCc1ccncc1. The predicted molar refractivity (Wildman–Crippen MR) is 66.7 cm³/mol. The Morgan fingerprint density at radius 2 is 2.00 bits per heavy atom. The average Bonchev–Trinajstić information content (AvgIpc) is 2.23. The number of ether oxygens (including phenoxy) is 1. The first-order chi connectivity index (χ1) is 7.97. The van der Waals surface area contributed by atoms with Crippen LogP contribution in [0.5, 0.6) is 0 Å². The summed E-state index contributed by atoms with van der Waals surface area (Å²) in [4.78, 5) is 15.3. The third kappa shape index (κ3) is 6.68. The van der Waals surface area contributed by atoms with Gasteiger partial charge in [-0.2, -0.15) is 0 Å². The van der Waals surface area contributed by atoms with Crippen molar-refractivity contribution in [2.24, 2.45) is 0 Å². The van der Waals surface area contributed by atoms with E-state index in [1.165, 1.54) is 5.56 Å². The van der Waals surface area contributed by atoms with Crippen molar-refractivity contribution in [1.29, 1.82) is 0 Å². The summed E-state index contributed by atoms with van der Waals surface area (Å²) in [6.45, 7) is 6.59. The first kappa shape index (κ1) is 13.6. The van der Waals surface area contributed by atoms with E-state index in [9.17, 15) is 4.79 Å². The van der Waals surface area contributed by atoms with E-state index in [0.717, 1.165) is 13.0 Å². The minimum atomic E-state index is -0.413. The topological polar surface area (TPSA) is 51.2 Å². The molecule has 0 bridgehead atoms. The molecule has 94 valence electrons. The van der Waals surface area contributed by atoms with Crippen LogP contribution in [-0.4, -0.2) is 29.6 Å². The molecule has 0 atom stereocenters. The van der Waals surface area contributed by atoms with Crippen LogP contribution in [0, 0.1) is 0 Å². The molecule has 0 saturated carbocycles. The van der Waals surface area contributed by atoms with Gasteiger partial charge in [-0.25, -0.2) is 0 Å². The number of nitrogens with zero attached hydrogens (tertiary/aromatic N) is 1. The molecule has 1 aromatic rings. The molecule has 0 saturated heterocycles. The molecular formula is C13H20N2O2. The molecule has 1 aromatic heterocycles. The highest BCUT2D eigenvalue weighted by atomic mass is 16.6. The van der Waals surface area contributed by atoms with Gasteiger partial charge in [0.1, 0.15) is 5.60 Å². The lowest BCUT2D eigenvalue weighted by Crippen LogP contribution is -2.32. The molecule has 0 aliphatic heterocycles. The summed E-state index contributed by atoms with van der Waals surface area (Å²) in [7, 11) is 0. The van der Waals surface area contributed by atoms with E-state index >= 15 is 0 Å². The molecule has 0 radical (unpaired) electrons. The fourth-order valence-corrected chi connectivity index (χ4v) is 1.35. The summed E-state index contributed by atoms with van der Waals surface area (Å²) in [5, 5.41) is 3.06. The van der Waals surface area contributed by atoms with Gasteiger partial charge in [-0.3, -0.25) is 9.78 Å². The zero-order chi connectivity index (χ0) is 12.7. The van der Waals surface area contributed by atoms with Crippen molar-refractivity contribution in [3.8, 4) is 0 Å². The highest BCUT2D eigenvalue weighted by Crippen LogP contribution is 2.06. The first-order valence-corrected chi connectivity index (χ1v) is 5.79. The number of pyridine rings is 1. The molecular weight excluding hydrogens is 216 g/mol. The van der Waals surface area contributed by atoms with Gasteiger partial charge in [-0.15, -0.1) is 0 Å². The number of carbonyl (C=O) groups is 1. The molecule has 1 N–H and O–H groups in total. The molecule has 0 unspecified atom stereocenters. The van der Waals surface area contributed by atoms with Gasteiger partial charge in [-0.1, -0.05) is 0 Å². The number of nitrogens with one attached hydrogen (secondary N) is 1. The predicted octanol–water partition coefficient (Wildman–Crippen LogP) is 1.56. The van der Waals surface area contributed by atoms with Gasteiger partial charge >= 0.3 is 5.97 Å². The van der Waals surface area contributed by atoms with E-state index in [0.29, 0.717) is 0 Å². The number of esters is 1. The van der Waals surface area contributed by atoms with Crippen LogP contribution in [-0.2, 0) is 16.0 Å². The van der Waals surface area contributed by atoms with E-state index in [1.807, 2.05) is 32.9 Å². The number of aromatic nitrogens is 1. The summed E-state index contributed by atoms with van der Waals surface area (Å²) >= 11 is 0. The summed E-state index contributed by atoms with van der Waals surface area (Å²) in [6, 6.07) is 3.93. The first-order valence-electron chi connectivity index (χ1n) is 5.79. The minimum absolute atomic E-state index is 0.216. The van der Waals surface area contributed by atoms with Crippen molar-refractivity contribution in [3.05, 3.63) is 30.1 Å². The van der Waals surface area contributed by atoms with Gasteiger partial charge in [0.2, 0.25) is 0 Å². The van der Waals surface area contributed by atoms with Crippen molar-refractivity contribution in [1.82, 2.24) is 10.3 Å². The van der Waals surface area contributed by atoms with Crippen molar-refractivity contribution < 1.29 is 9.53 Å². The van der Waals surface area contributed by atoms with Crippen LogP contribution in [0.4, 0.5) is 0 Å². The van der Waals surface area contributed by atoms with Gasteiger partial charge in [0.05, 0.1) is 6.54 Å². The molecule has 0 fully saturated rings. The van der Waals surface area contributed by atoms with E-state index in [1.54, 1.807) is 12.4 Å². The smallest absolute Gasteiger partial charge is 0.320 e. The zero-order valence-corrected chi connectivity index (χ0v) is 10.7. The molecule has 0 aliphatic carbocycles. The van der Waals surface area contributed by atoms with Crippen LogP contribution < -0.4 is 5.32 Å². The van der Waals surface area contributed by atoms with Crippen molar-refractivity contribution in [3.63, 3.8) is 0 Å². The van der Waals surface area contributed by atoms with E-state index in [4.69, 9.17) is 4.74 Å². The normalized spacial score (nSPS) is 11.2. The Balaban J connectivity index is 2.14. The van der Waals surface area contributed by atoms with Crippen molar-refractivity contribution in [2.45, 2.75) is 32.8 Å². The van der Waals surface area contributed by atoms with E-state index < -0.39 is 5.60 Å². The fourth-order valence-electron chi connectivity index (χ4n) is 1.35. The van der Waals surface area contributed by atoms with Crippen molar-refractivity contribution >= 4 is 5.97 Å². The third-order valence-corrected chi connectivity index (χ3v) is 2.03. The number of carbonyl (C=O) groups excluding carboxylic acids is 1. The number of hydrogen-bond acceptors (Lipinski definition) is 4. The van der Waals surface area contributed by atoms with Crippen LogP contribution in [0.3, 0.4) is 0 Å². The number of hydrogen-bond donors (Lipinski definition) is 1. The van der Waals surface area contributed by atoms with Gasteiger partial charge in [0.25, 0.3) is 0 Å². The lowest BCUT2D eigenvalue weighted by atomic mass is 10.2. The monoisotopic (exact) mass is 236 g/mol. The third-order valence-electron chi connectivity index (χ3n) is 2.03. The molecule has 0 aromatic carbocycles. The maximum atomic E-state index is 11.4. The Hall–Kier alpha value is -1.42. The molecule has 0 spiro atoms. The molecule has 1 heterocycles. The Labute approximate surface area is 102 Å². The molecule has 0 amide bonds. The quantitative estimate of drug-likeness (QED) is 0.622. The Morgan fingerprint density at radius 1 is 1.35 bits per heavy atom. The van der Waals surface area contributed by atoms with Gasteiger partial charge in [0.15, 0.2) is 0 Å². The summed E-state index contributed by atoms with van der Waals surface area (Å²) < 4.78 is 5.18. The maximum Gasteiger partial charge on any atom is 0.320 e. The van der Waals surface area contributed by atoms with Crippen LogP contribution in [0.15, 0.2) is 24.5 Å². The standard InChI is InChI=1S/C13H20N2O2/c1-13(2,3)17-12(16)10-15-9-6-11-4-7-14-8-5-11/h4-5,7-8,15H,6,9-10H2,1-3H3. The highest BCUT2D eigenvalue weighted by Gasteiger charge is 2.15. The summed E-state index contributed by atoms with van der Waals surface area (Å²) in [5.41, 5.74) is 0.792. The molecule has 4 heteroatoms. The molecule has 0 aliphatic rings. The van der Waals surface area contributed by atoms with Gasteiger partial charge in [-0.05, 0) is 51.4 Å². The Morgan fingerprint density at radius 3 is 2.59 bits per heavy atom. The van der Waals surface area contributed by atoms with Crippen LogP contribution in [0.1, 0.15) is 26.3 Å². The molecule has 4 nitrogen and oxygen atoms in total. The summed E-state index contributed by atoms with van der Waals surface area (Å²) in [6.07, 6.45) is 4.41. The van der Waals surface area contributed by atoms with E-state index in [2.05, 4.69) is 10.3 Å². The lowest BCUT2D eigenvalue weighted by Gasteiger charge is -2.19. The maximum absolute atomic E-state index is 11.4. The lowest BCUT2D eigenvalue weighted by molar-refractivity contribution is -0.153. The Kier molecular flexibility index (Phi) is 5.10.